The highest BCUT2D eigenvalue weighted by Crippen LogP contribution is 2.27. The molecule has 0 saturated heterocycles. The molecule has 0 spiro atoms. The lowest BCUT2D eigenvalue weighted by Gasteiger charge is -2.04. The number of anilines is 2. The van der Waals surface area contributed by atoms with Crippen LogP contribution in [-0.4, -0.2) is 13.0 Å². The fraction of sp³-hybridized carbons (Fsp3) is 0.0833. The molecule has 2 N–H and O–H groups in total. The number of hydrogen-bond donors (Lipinski definition) is 2. The molecule has 0 fully saturated rings. The summed E-state index contributed by atoms with van der Waals surface area (Å²) in [5, 5.41) is 6.69. The van der Waals surface area contributed by atoms with Gasteiger partial charge in [-0.25, -0.2) is 0 Å². The monoisotopic (exact) mass is 310 g/mol. The largest absolute Gasteiger partial charge is 0.388 e. The molecule has 1 heterocycles. The molecular weight excluding hydrogens is 300 g/mol. The van der Waals surface area contributed by atoms with Crippen molar-refractivity contribution in [2.75, 3.05) is 17.7 Å². The molecule has 5 heteroatoms. The van der Waals surface area contributed by atoms with Gasteiger partial charge in [0.25, 0.3) is 5.91 Å². The summed E-state index contributed by atoms with van der Waals surface area (Å²) in [7, 11) is 1.83. The topological polar surface area (TPSA) is 41.1 Å². The predicted molar refractivity (Wildman–Crippen MR) is 76.0 cm³/mol. The minimum atomic E-state index is -0.101. The van der Waals surface area contributed by atoms with Crippen molar-refractivity contribution < 1.29 is 4.79 Å². The van der Waals surface area contributed by atoms with E-state index < -0.39 is 0 Å². The van der Waals surface area contributed by atoms with E-state index in [2.05, 4.69) is 26.6 Å². The maximum absolute atomic E-state index is 11.9. The van der Waals surface area contributed by atoms with Crippen molar-refractivity contribution in [2.24, 2.45) is 0 Å². The molecule has 0 atom stereocenters. The predicted octanol–water partition coefficient (Wildman–Crippen LogP) is 3.80. The first-order chi connectivity index (χ1) is 8.19. The van der Waals surface area contributed by atoms with Gasteiger partial charge in [-0.05, 0) is 46.3 Å². The second-order valence-corrected chi connectivity index (χ2v) is 5.85. The van der Waals surface area contributed by atoms with Crippen LogP contribution < -0.4 is 10.6 Å². The van der Waals surface area contributed by atoms with Gasteiger partial charge in [-0.15, -0.1) is 11.3 Å². The Labute approximate surface area is 112 Å². The number of nitrogens with one attached hydrogen (secondary N) is 2. The summed E-state index contributed by atoms with van der Waals surface area (Å²) < 4.78 is 0.997. The quantitative estimate of drug-likeness (QED) is 0.905. The van der Waals surface area contributed by atoms with E-state index in [0.29, 0.717) is 5.56 Å². The molecule has 1 aromatic carbocycles. The first-order valence-electron chi connectivity index (χ1n) is 5.03. The summed E-state index contributed by atoms with van der Waals surface area (Å²) in [6.07, 6.45) is 0. The molecule has 0 aliphatic rings. The Balaban J connectivity index is 2.14. The van der Waals surface area contributed by atoms with E-state index in [0.717, 1.165) is 14.5 Å². The van der Waals surface area contributed by atoms with Gasteiger partial charge in [-0.3, -0.25) is 4.79 Å². The van der Waals surface area contributed by atoms with E-state index in [1.54, 1.807) is 6.07 Å². The van der Waals surface area contributed by atoms with Crippen LogP contribution in [0.5, 0.6) is 0 Å². The highest BCUT2D eigenvalue weighted by molar-refractivity contribution is 9.11. The van der Waals surface area contributed by atoms with Crippen molar-refractivity contribution in [1.82, 2.24) is 0 Å². The van der Waals surface area contributed by atoms with Crippen molar-refractivity contribution in [3.63, 3.8) is 0 Å². The number of rotatable bonds is 3. The van der Waals surface area contributed by atoms with Gasteiger partial charge in [0, 0.05) is 18.3 Å². The second kappa shape index (κ2) is 5.33. The molecule has 0 unspecified atom stereocenters. The van der Waals surface area contributed by atoms with Gasteiger partial charge in [0.1, 0.15) is 0 Å². The zero-order chi connectivity index (χ0) is 12.3. The Hall–Kier alpha value is -1.33. The maximum Gasteiger partial charge on any atom is 0.256 e. The lowest BCUT2D eigenvalue weighted by Crippen LogP contribution is -2.10. The van der Waals surface area contributed by atoms with Gasteiger partial charge in [-0.2, -0.15) is 0 Å². The molecule has 88 valence electrons. The fourth-order valence-electron chi connectivity index (χ4n) is 1.38. The zero-order valence-corrected chi connectivity index (χ0v) is 11.6. The average Bonchev–Trinajstić information content (AvgIpc) is 2.75. The van der Waals surface area contributed by atoms with Crippen molar-refractivity contribution in [2.45, 2.75) is 0 Å². The molecule has 0 aliphatic carbocycles. The van der Waals surface area contributed by atoms with Crippen molar-refractivity contribution in [3.05, 3.63) is 45.7 Å². The van der Waals surface area contributed by atoms with Crippen LogP contribution >= 0.6 is 27.3 Å². The van der Waals surface area contributed by atoms with Gasteiger partial charge in [0.2, 0.25) is 0 Å². The van der Waals surface area contributed by atoms with Crippen LogP contribution in [-0.2, 0) is 0 Å². The zero-order valence-electron chi connectivity index (χ0n) is 9.16. The molecule has 0 bridgehead atoms. The highest BCUT2D eigenvalue weighted by atomic mass is 79.9. The average molecular weight is 311 g/mol. The fourth-order valence-corrected chi connectivity index (χ4v) is 2.66. The molecular formula is C12H11BrN2OS. The van der Waals surface area contributed by atoms with Crippen LogP contribution in [0.2, 0.25) is 0 Å². The Morgan fingerprint density at radius 2 is 2.12 bits per heavy atom. The number of carbonyl (C=O) groups is 1. The van der Waals surface area contributed by atoms with Crippen molar-refractivity contribution in [3.8, 4) is 0 Å². The van der Waals surface area contributed by atoms with Crippen LogP contribution in [0.1, 0.15) is 10.4 Å². The lowest BCUT2D eigenvalue weighted by molar-refractivity contribution is 0.102. The van der Waals surface area contributed by atoms with Crippen LogP contribution in [0.15, 0.2) is 40.2 Å². The third-order valence-corrected chi connectivity index (χ3v) is 3.76. The minimum absolute atomic E-state index is 0.101. The van der Waals surface area contributed by atoms with E-state index in [1.807, 2.05) is 37.4 Å². The molecule has 0 aliphatic heterocycles. The molecule has 3 nitrogen and oxygen atoms in total. The Kier molecular flexibility index (Phi) is 3.81. The Morgan fingerprint density at radius 3 is 2.76 bits per heavy atom. The summed E-state index contributed by atoms with van der Waals surface area (Å²) in [6.45, 7) is 0. The van der Waals surface area contributed by atoms with E-state index in [-0.39, 0.29) is 5.91 Å². The number of benzene rings is 1. The molecule has 1 amide bonds. The van der Waals surface area contributed by atoms with E-state index in [4.69, 9.17) is 0 Å². The third kappa shape index (κ3) is 3.08. The van der Waals surface area contributed by atoms with E-state index in [9.17, 15) is 4.79 Å². The van der Waals surface area contributed by atoms with Gasteiger partial charge in [0.15, 0.2) is 0 Å². The van der Waals surface area contributed by atoms with Crippen LogP contribution in [0.25, 0.3) is 0 Å². The maximum atomic E-state index is 11.9. The second-order valence-electron chi connectivity index (χ2n) is 3.39. The first kappa shape index (κ1) is 12.1. The lowest BCUT2D eigenvalue weighted by atomic mass is 10.2. The van der Waals surface area contributed by atoms with Crippen molar-refractivity contribution >= 4 is 43.9 Å². The summed E-state index contributed by atoms with van der Waals surface area (Å²) in [5.41, 5.74) is 1.56. The molecule has 0 radical (unpaired) electrons. The van der Waals surface area contributed by atoms with Crippen molar-refractivity contribution in [1.29, 1.82) is 0 Å². The standard InChI is InChI=1S/C12H11BrN2OS/c1-14-9-4-2-3-8(7-9)12(16)15-11-6-5-10(13)17-11/h2-7,14H,1H3,(H,15,16). The van der Waals surface area contributed by atoms with Gasteiger partial charge >= 0.3 is 0 Å². The highest BCUT2D eigenvalue weighted by Gasteiger charge is 2.07. The molecule has 17 heavy (non-hydrogen) atoms. The minimum Gasteiger partial charge on any atom is -0.388 e. The number of halogens is 1. The number of amides is 1. The normalized spacial score (nSPS) is 10.0. The van der Waals surface area contributed by atoms with Gasteiger partial charge < -0.3 is 10.6 Å². The van der Waals surface area contributed by atoms with Crippen LogP contribution in [0, 0.1) is 0 Å². The first-order valence-corrected chi connectivity index (χ1v) is 6.64. The van der Waals surface area contributed by atoms with Gasteiger partial charge in [-0.1, -0.05) is 6.07 Å². The number of carbonyl (C=O) groups excluding carboxylic acids is 1. The Bertz CT molecular complexity index is 539. The number of hydrogen-bond acceptors (Lipinski definition) is 3. The van der Waals surface area contributed by atoms with Crippen LogP contribution in [0.3, 0.4) is 0 Å². The SMILES string of the molecule is CNc1cccc(C(=O)Nc2ccc(Br)s2)c1. The summed E-state index contributed by atoms with van der Waals surface area (Å²) >= 11 is 4.85. The van der Waals surface area contributed by atoms with Gasteiger partial charge in [0.05, 0.1) is 8.79 Å². The Morgan fingerprint density at radius 1 is 1.29 bits per heavy atom. The smallest absolute Gasteiger partial charge is 0.256 e. The van der Waals surface area contributed by atoms with Crippen LogP contribution in [0.4, 0.5) is 10.7 Å². The third-order valence-electron chi connectivity index (χ3n) is 2.22. The van der Waals surface area contributed by atoms with E-state index in [1.165, 1.54) is 11.3 Å². The molecule has 2 rings (SSSR count). The molecule has 1 aromatic heterocycles. The van der Waals surface area contributed by atoms with E-state index >= 15 is 0 Å². The summed E-state index contributed by atoms with van der Waals surface area (Å²) in [5.74, 6) is -0.101. The summed E-state index contributed by atoms with van der Waals surface area (Å²) in [4.78, 5) is 11.9. The number of thiophene rings is 1. The molecule has 2 aromatic rings. The molecule has 0 saturated carbocycles. The summed E-state index contributed by atoms with van der Waals surface area (Å²) in [6, 6.07) is 11.2.